The normalized spacial score (nSPS) is 12.1. The lowest BCUT2D eigenvalue weighted by Gasteiger charge is -2.18. The molecule has 0 aliphatic carbocycles. The summed E-state index contributed by atoms with van der Waals surface area (Å²) in [6, 6.07) is 0. The number of rotatable bonds is 70. The van der Waals surface area contributed by atoms with Crippen molar-refractivity contribution in [3.05, 3.63) is 24.3 Å². The first-order valence-electron chi connectivity index (χ1n) is 37.3. The van der Waals surface area contributed by atoms with Crippen molar-refractivity contribution in [3.8, 4) is 0 Å². The van der Waals surface area contributed by atoms with Crippen LogP contribution in [0.15, 0.2) is 24.3 Å². The SMILES string of the molecule is CCCCC/C=C\CCCCCCCC(=O)OCC(COC(=O)CCCCCCCCCCCCCCCCCCCCCCCCCCCCC)OC(=O)CCCCCCCCCCCCCCC/C=C\CCCCCCCCCC. The molecule has 0 saturated heterocycles. The Morgan fingerprint density at radius 3 is 0.634 bits per heavy atom. The van der Waals surface area contributed by atoms with Gasteiger partial charge in [-0.25, -0.2) is 0 Å². The standard InChI is InChI=1S/C76H144O6/c1-4-7-10-13-16-19-22-25-27-29-31-33-35-37-38-40-41-43-45-47-49-51-54-57-60-63-66-69-75(78)81-72-73(71-80-74(77)68-65-62-59-56-53-24-21-18-15-12-9-6-3)82-76(79)70-67-64-61-58-55-52-50-48-46-44-42-39-36-34-32-30-28-26-23-20-17-14-11-8-5-2/h18,21,30,32,73H,4-17,19-20,22-29,31,33-72H2,1-3H3/b21-18-,32-30-. The van der Waals surface area contributed by atoms with Gasteiger partial charge in [-0.2, -0.15) is 0 Å². The minimum absolute atomic E-state index is 0.0680. The van der Waals surface area contributed by atoms with Crippen molar-refractivity contribution in [1.82, 2.24) is 0 Å². The molecule has 0 radical (unpaired) electrons. The molecule has 0 aromatic heterocycles. The third-order valence-corrected chi connectivity index (χ3v) is 17.2. The van der Waals surface area contributed by atoms with E-state index in [0.717, 1.165) is 64.2 Å². The second kappa shape index (κ2) is 71.4. The van der Waals surface area contributed by atoms with Crippen molar-refractivity contribution in [2.75, 3.05) is 13.2 Å². The Bertz CT molecular complexity index is 1320. The van der Waals surface area contributed by atoms with Crippen LogP contribution in [0.25, 0.3) is 0 Å². The first-order chi connectivity index (χ1) is 40.5. The van der Waals surface area contributed by atoms with E-state index in [9.17, 15) is 14.4 Å². The van der Waals surface area contributed by atoms with Gasteiger partial charge in [-0.3, -0.25) is 14.4 Å². The number of allylic oxidation sites excluding steroid dienone is 4. The number of hydrogen-bond acceptors (Lipinski definition) is 6. The first-order valence-corrected chi connectivity index (χ1v) is 37.3. The zero-order chi connectivity index (χ0) is 59.2. The summed E-state index contributed by atoms with van der Waals surface area (Å²) in [5.74, 6) is -0.845. The number of esters is 3. The van der Waals surface area contributed by atoms with E-state index in [-0.39, 0.29) is 31.1 Å². The molecular weight excluding hydrogens is 1010 g/mol. The fourth-order valence-corrected chi connectivity index (χ4v) is 11.6. The van der Waals surface area contributed by atoms with Crippen LogP contribution in [0.4, 0.5) is 0 Å². The highest BCUT2D eigenvalue weighted by atomic mass is 16.6. The summed E-state index contributed by atoms with van der Waals surface area (Å²) in [5.41, 5.74) is 0. The van der Waals surface area contributed by atoms with Crippen molar-refractivity contribution >= 4 is 17.9 Å². The van der Waals surface area contributed by atoms with Crippen LogP contribution < -0.4 is 0 Å². The number of unbranched alkanes of at least 4 members (excludes halogenated alkanes) is 55. The highest BCUT2D eigenvalue weighted by Crippen LogP contribution is 2.19. The molecule has 0 saturated carbocycles. The summed E-state index contributed by atoms with van der Waals surface area (Å²) in [5, 5.41) is 0. The average Bonchev–Trinajstić information content (AvgIpc) is 3.48. The predicted octanol–water partition coefficient (Wildman–Crippen LogP) is 25.7. The van der Waals surface area contributed by atoms with Gasteiger partial charge < -0.3 is 14.2 Å². The number of hydrogen-bond donors (Lipinski definition) is 0. The highest BCUT2D eigenvalue weighted by molar-refractivity contribution is 5.71. The molecule has 82 heavy (non-hydrogen) atoms. The monoisotopic (exact) mass is 1150 g/mol. The van der Waals surface area contributed by atoms with Crippen LogP contribution in [0.5, 0.6) is 0 Å². The lowest BCUT2D eigenvalue weighted by molar-refractivity contribution is -0.167. The van der Waals surface area contributed by atoms with Crippen molar-refractivity contribution in [2.45, 2.75) is 431 Å². The quantitative estimate of drug-likeness (QED) is 0.0261. The molecule has 0 amide bonds. The topological polar surface area (TPSA) is 78.9 Å². The van der Waals surface area contributed by atoms with E-state index >= 15 is 0 Å². The van der Waals surface area contributed by atoms with E-state index in [1.807, 2.05) is 0 Å². The minimum Gasteiger partial charge on any atom is -0.462 e. The predicted molar refractivity (Wildman–Crippen MR) is 358 cm³/mol. The summed E-state index contributed by atoms with van der Waals surface area (Å²) in [4.78, 5) is 38.4. The molecule has 0 aromatic rings. The number of ether oxygens (including phenoxy) is 3. The minimum atomic E-state index is -0.773. The molecule has 6 nitrogen and oxygen atoms in total. The van der Waals surface area contributed by atoms with Crippen molar-refractivity contribution in [2.24, 2.45) is 0 Å². The lowest BCUT2D eigenvalue weighted by atomic mass is 10.0. The molecule has 0 aliphatic rings. The Hall–Kier alpha value is -2.11. The number of carbonyl (C=O) groups excluding carboxylic acids is 3. The van der Waals surface area contributed by atoms with Gasteiger partial charge in [0.1, 0.15) is 13.2 Å². The molecule has 6 heteroatoms. The molecule has 1 atom stereocenters. The number of carbonyl (C=O) groups is 3. The highest BCUT2D eigenvalue weighted by Gasteiger charge is 2.20. The first kappa shape index (κ1) is 79.9. The molecule has 0 aliphatic heterocycles. The summed E-state index contributed by atoms with van der Waals surface area (Å²) in [6.45, 7) is 6.70. The van der Waals surface area contributed by atoms with Gasteiger partial charge in [0, 0.05) is 19.3 Å². The zero-order valence-electron chi connectivity index (χ0n) is 55.8. The van der Waals surface area contributed by atoms with Crippen LogP contribution in [-0.2, 0) is 28.6 Å². The molecule has 0 spiro atoms. The third-order valence-electron chi connectivity index (χ3n) is 17.2. The Morgan fingerprint density at radius 2 is 0.402 bits per heavy atom. The maximum atomic E-state index is 13.0. The van der Waals surface area contributed by atoms with E-state index in [2.05, 4.69) is 45.1 Å². The van der Waals surface area contributed by atoms with Gasteiger partial charge in [0.25, 0.3) is 0 Å². The summed E-state index contributed by atoms with van der Waals surface area (Å²) in [7, 11) is 0. The molecule has 0 aromatic carbocycles. The van der Waals surface area contributed by atoms with E-state index in [1.165, 1.54) is 321 Å². The maximum absolute atomic E-state index is 13.0. The van der Waals surface area contributed by atoms with E-state index in [4.69, 9.17) is 14.2 Å². The second-order valence-corrected chi connectivity index (χ2v) is 25.6. The fourth-order valence-electron chi connectivity index (χ4n) is 11.6. The molecule has 0 N–H and O–H groups in total. The second-order valence-electron chi connectivity index (χ2n) is 25.6. The van der Waals surface area contributed by atoms with Gasteiger partial charge in [-0.1, -0.05) is 360 Å². The van der Waals surface area contributed by atoms with Crippen LogP contribution in [-0.4, -0.2) is 37.2 Å². The Morgan fingerprint density at radius 1 is 0.232 bits per heavy atom. The van der Waals surface area contributed by atoms with Gasteiger partial charge in [0.2, 0.25) is 0 Å². The van der Waals surface area contributed by atoms with Crippen LogP contribution >= 0.6 is 0 Å². The van der Waals surface area contributed by atoms with Crippen molar-refractivity contribution < 1.29 is 28.6 Å². The van der Waals surface area contributed by atoms with E-state index in [1.54, 1.807) is 0 Å². The molecule has 0 bridgehead atoms. The lowest BCUT2D eigenvalue weighted by Crippen LogP contribution is -2.30. The van der Waals surface area contributed by atoms with E-state index < -0.39 is 6.10 Å². The smallest absolute Gasteiger partial charge is 0.306 e. The summed E-state index contributed by atoms with van der Waals surface area (Å²) >= 11 is 0. The average molecular weight is 1150 g/mol. The zero-order valence-corrected chi connectivity index (χ0v) is 55.8. The van der Waals surface area contributed by atoms with Crippen LogP contribution in [0.1, 0.15) is 425 Å². The Balaban J connectivity index is 4.16. The third kappa shape index (κ3) is 68.7. The molecular formula is C76H144O6. The molecule has 484 valence electrons. The van der Waals surface area contributed by atoms with Gasteiger partial charge in [0.05, 0.1) is 0 Å². The van der Waals surface area contributed by atoms with Crippen LogP contribution in [0.3, 0.4) is 0 Å². The molecule has 0 rings (SSSR count). The summed E-state index contributed by atoms with van der Waals surface area (Å²) in [6.07, 6.45) is 88.0. The summed E-state index contributed by atoms with van der Waals surface area (Å²) < 4.78 is 17.0. The van der Waals surface area contributed by atoms with Gasteiger partial charge in [-0.15, -0.1) is 0 Å². The van der Waals surface area contributed by atoms with Crippen molar-refractivity contribution in [1.29, 1.82) is 0 Å². The van der Waals surface area contributed by atoms with Gasteiger partial charge in [-0.05, 0) is 70.6 Å². The van der Waals surface area contributed by atoms with E-state index in [0.29, 0.717) is 19.3 Å². The van der Waals surface area contributed by atoms with Gasteiger partial charge >= 0.3 is 17.9 Å². The largest absolute Gasteiger partial charge is 0.462 e. The molecule has 0 heterocycles. The Labute approximate surface area is 513 Å². The maximum Gasteiger partial charge on any atom is 0.306 e. The van der Waals surface area contributed by atoms with Crippen LogP contribution in [0, 0.1) is 0 Å². The van der Waals surface area contributed by atoms with Crippen molar-refractivity contribution in [3.63, 3.8) is 0 Å². The molecule has 0 fully saturated rings. The van der Waals surface area contributed by atoms with Crippen LogP contribution in [0.2, 0.25) is 0 Å². The van der Waals surface area contributed by atoms with Gasteiger partial charge in [0.15, 0.2) is 6.10 Å². The Kier molecular flexibility index (Phi) is 69.5. The molecule has 1 unspecified atom stereocenters. The fraction of sp³-hybridized carbons (Fsp3) is 0.908.